The van der Waals surface area contributed by atoms with Gasteiger partial charge in [-0.15, -0.1) is 0 Å². The van der Waals surface area contributed by atoms with Crippen LogP contribution in [0.3, 0.4) is 0 Å². The molecular weight excluding hydrogens is 322 g/mol. The van der Waals surface area contributed by atoms with Crippen LogP contribution in [0.2, 0.25) is 0 Å². The monoisotopic (exact) mass is 329 g/mol. The zero-order valence-electron chi connectivity index (χ0n) is 11.3. The quantitative estimate of drug-likeness (QED) is 0.498. The number of nitrogens with one attached hydrogen (secondary N) is 1. The second-order valence-corrected chi connectivity index (χ2v) is 6.36. The number of carbonyl (C=O) groups excluding carboxylic acids is 2. The number of rotatable bonds is 1. The predicted octanol–water partition coefficient (Wildman–Crippen LogP) is 0.980. The number of aromatic nitrogens is 3. The molecule has 0 saturated carbocycles. The van der Waals surface area contributed by atoms with Crippen LogP contribution in [0.5, 0.6) is 0 Å². The minimum Gasteiger partial charge on any atom is -0.289 e. The van der Waals surface area contributed by atoms with E-state index in [0.29, 0.717) is 0 Å². The molecule has 114 valence electrons. The summed E-state index contributed by atoms with van der Waals surface area (Å²) in [5.41, 5.74) is -0.365. The number of H-pyrrole nitrogens is 1. The summed E-state index contributed by atoms with van der Waals surface area (Å²) in [5.74, 6) is -1.17. The third-order valence-electron chi connectivity index (χ3n) is 3.71. The van der Waals surface area contributed by atoms with Gasteiger partial charge in [0, 0.05) is 16.7 Å². The van der Waals surface area contributed by atoms with Crippen molar-refractivity contribution in [2.45, 2.75) is 4.90 Å². The summed E-state index contributed by atoms with van der Waals surface area (Å²) < 4.78 is 33.1. The lowest BCUT2D eigenvalue weighted by Crippen LogP contribution is -2.24. The largest absolute Gasteiger partial charge is 0.297 e. The molecule has 0 atom stereocenters. The van der Waals surface area contributed by atoms with Crippen molar-refractivity contribution in [2.75, 3.05) is 0 Å². The number of carbonyl (C=O) groups is 2. The molecule has 2 N–H and O–H groups in total. The van der Waals surface area contributed by atoms with E-state index in [1.54, 1.807) is 12.1 Å². The molecule has 2 aromatic carbocycles. The number of fused-ring (bicyclic) bond motifs is 3. The van der Waals surface area contributed by atoms with Crippen molar-refractivity contribution in [2.24, 2.45) is 0 Å². The number of hydrogen-bond acceptors (Lipinski definition) is 6. The molecule has 9 heteroatoms. The van der Waals surface area contributed by atoms with Crippen molar-refractivity contribution in [1.82, 2.24) is 15.4 Å². The number of nitrogens with zero attached hydrogens (tertiary/aromatic N) is 2. The lowest BCUT2D eigenvalue weighted by Gasteiger charge is -2.19. The molecule has 0 radical (unpaired) electrons. The van der Waals surface area contributed by atoms with Gasteiger partial charge in [0.05, 0.1) is 5.56 Å². The first-order valence-electron chi connectivity index (χ1n) is 6.43. The van der Waals surface area contributed by atoms with Crippen molar-refractivity contribution < 1.29 is 22.6 Å². The first kappa shape index (κ1) is 13.7. The standard InChI is InChI=1S/C14H7N3O5S/c18-12-6-3-1-2-4-7(6)13(19)10-8(12)5-9-11(16-17-15-9)14(10)23(20,21)22/h1-5H,(H,15,16,17)(H,20,21,22). The van der Waals surface area contributed by atoms with Crippen LogP contribution in [0.15, 0.2) is 35.2 Å². The van der Waals surface area contributed by atoms with Crippen LogP contribution in [0.4, 0.5) is 0 Å². The maximum atomic E-state index is 12.7. The highest BCUT2D eigenvalue weighted by molar-refractivity contribution is 7.86. The number of benzene rings is 2. The Balaban J connectivity index is 2.22. The van der Waals surface area contributed by atoms with Gasteiger partial charge in [0.1, 0.15) is 15.9 Å². The van der Waals surface area contributed by atoms with Gasteiger partial charge in [0.2, 0.25) is 0 Å². The van der Waals surface area contributed by atoms with Gasteiger partial charge in [-0.2, -0.15) is 23.8 Å². The van der Waals surface area contributed by atoms with Crippen LogP contribution in [0, 0.1) is 0 Å². The predicted molar refractivity (Wildman–Crippen MR) is 77.0 cm³/mol. The zero-order chi connectivity index (χ0) is 16.4. The first-order chi connectivity index (χ1) is 10.9. The van der Waals surface area contributed by atoms with Gasteiger partial charge in [-0.05, 0) is 6.07 Å². The molecule has 0 fully saturated rings. The normalized spacial score (nSPS) is 14.0. The SMILES string of the molecule is O=C1c2ccccc2C(=O)c2c1cc1n[nH]nc1c2S(=O)(=O)O. The lowest BCUT2D eigenvalue weighted by atomic mass is 9.84. The van der Waals surface area contributed by atoms with Gasteiger partial charge >= 0.3 is 0 Å². The van der Waals surface area contributed by atoms with E-state index in [1.807, 2.05) is 0 Å². The summed E-state index contributed by atoms with van der Waals surface area (Å²) in [4.78, 5) is 24.6. The molecule has 23 heavy (non-hydrogen) atoms. The highest BCUT2D eigenvalue weighted by Gasteiger charge is 2.37. The van der Waals surface area contributed by atoms with E-state index >= 15 is 0 Å². The van der Waals surface area contributed by atoms with Crippen LogP contribution < -0.4 is 0 Å². The maximum Gasteiger partial charge on any atom is 0.297 e. The Labute approximate surface area is 128 Å². The summed E-state index contributed by atoms with van der Waals surface area (Å²) in [5, 5.41) is 9.64. The molecular formula is C14H7N3O5S. The second kappa shape index (κ2) is 4.31. The Morgan fingerprint density at radius 3 is 2.26 bits per heavy atom. The molecule has 1 aliphatic rings. The third kappa shape index (κ3) is 1.77. The first-order valence-corrected chi connectivity index (χ1v) is 7.87. The van der Waals surface area contributed by atoms with Crippen LogP contribution in [-0.4, -0.2) is 39.9 Å². The second-order valence-electron chi connectivity index (χ2n) is 5.00. The molecule has 0 saturated heterocycles. The Hall–Kier alpha value is -2.91. The molecule has 0 unspecified atom stereocenters. The summed E-state index contributed by atoms with van der Waals surface area (Å²) in [6, 6.07) is 7.38. The summed E-state index contributed by atoms with van der Waals surface area (Å²) >= 11 is 0. The van der Waals surface area contributed by atoms with E-state index in [2.05, 4.69) is 15.4 Å². The average molecular weight is 329 g/mol. The van der Waals surface area contributed by atoms with E-state index in [0.717, 1.165) is 0 Å². The fourth-order valence-electron chi connectivity index (χ4n) is 2.77. The minimum atomic E-state index is -4.80. The van der Waals surface area contributed by atoms with Crippen LogP contribution in [0.1, 0.15) is 31.8 Å². The lowest BCUT2D eigenvalue weighted by molar-refractivity contribution is 0.0977. The molecule has 0 spiro atoms. The van der Waals surface area contributed by atoms with Crippen molar-refractivity contribution >= 4 is 32.7 Å². The van der Waals surface area contributed by atoms with Crippen molar-refractivity contribution in [3.63, 3.8) is 0 Å². The fraction of sp³-hybridized carbons (Fsp3) is 0. The molecule has 1 aromatic heterocycles. The van der Waals surface area contributed by atoms with Crippen LogP contribution >= 0.6 is 0 Å². The highest BCUT2D eigenvalue weighted by Crippen LogP contribution is 2.35. The molecule has 0 bridgehead atoms. The zero-order valence-corrected chi connectivity index (χ0v) is 12.1. The van der Waals surface area contributed by atoms with E-state index in [4.69, 9.17) is 0 Å². The van der Waals surface area contributed by atoms with Crippen LogP contribution in [0.25, 0.3) is 11.0 Å². The van der Waals surface area contributed by atoms with E-state index in [1.165, 1.54) is 18.2 Å². The Morgan fingerprint density at radius 1 is 0.957 bits per heavy atom. The highest BCUT2D eigenvalue weighted by atomic mass is 32.2. The summed E-state index contributed by atoms with van der Waals surface area (Å²) in [7, 11) is -4.80. The van der Waals surface area contributed by atoms with Crippen LogP contribution in [-0.2, 0) is 10.1 Å². The smallest absolute Gasteiger partial charge is 0.289 e. The molecule has 8 nitrogen and oxygen atoms in total. The molecule has 3 aromatic rings. The van der Waals surface area contributed by atoms with Gasteiger partial charge in [-0.3, -0.25) is 14.1 Å². The van der Waals surface area contributed by atoms with E-state index < -0.39 is 26.6 Å². The molecule has 0 aliphatic heterocycles. The summed E-state index contributed by atoms with van der Waals surface area (Å²) in [6.45, 7) is 0. The average Bonchev–Trinajstić information content (AvgIpc) is 2.97. The van der Waals surface area contributed by atoms with E-state index in [-0.39, 0.29) is 33.3 Å². The molecule has 1 heterocycles. The Kier molecular flexibility index (Phi) is 2.57. The van der Waals surface area contributed by atoms with E-state index in [9.17, 15) is 22.6 Å². The summed E-state index contributed by atoms with van der Waals surface area (Å²) in [6.07, 6.45) is 0. The fourth-order valence-corrected chi connectivity index (χ4v) is 3.63. The Morgan fingerprint density at radius 2 is 1.61 bits per heavy atom. The van der Waals surface area contributed by atoms with Crippen molar-refractivity contribution in [3.05, 3.63) is 52.6 Å². The number of aromatic amines is 1. The van der Waals surface area contributed by atoms with Gasteiger partial charge in [-0.1, -0.05) is 24.3 Å². The third-order valence-corrected chi connectivity index (χ3v) is 4.63. The van der Waals surface area contributed by atoms with Gasteiger partial charge in [0.15, 0.2) is 11.6 Å². The molecule has 0 amide bonds. The van der Waals surface area contributed by atoms with Crippen molar-refractivity contribution in [1.29, 1.82) is 0 Å². The van der Waals surface area contributed by atoms with Gasteiger partial charge in [-0.25, -0.2) is 0 Å². The van der Waals surface area contributed by atoms with Gasteiger partial charge < -0.3 is 0 Å². The minimum absolute atomic E-state index is 0.0666. The topological polar surface area (TPSA) is 130 Å². The van der Waals surface area contributed by atoms with Crippen molar-refractivity contribution in [3.8, 4) is 0 Å². The maximum absolute atomic E-state index is 12.7. The molecule has 4 rings (SSSR count). The number of hydrogen-bond donors (Lipinski definition) is 2. The number of ketones is 2. The molecule has 1 aliphatic carbocycles. The van der Waals surface area contributed by atoms with Gasteiger partial charge in [0.25, 0.3) is 10.1 Å². The Bertz CT molecular complexity index is 1130.